The lowest BCUT2D eigenvalue weighted by Gasteiger charge is -2.06. The van der Waals surface area contributed by atoms with Crippen LogP contribution in [0.15, 0.2) is 24.3 Å². The topological polar surface area (TPSA) is 46.2 Å². The van der Waals surface area contributed by atoms with Gasteiger partial charge in [0, 0.05) is 5.69 Å². The minimum Gasteiger partial charge on any atom is -0.399 e. The normalized spacial score (nSPS) is 19.7. The molecule has 2 rings (SSSR count). The number of nitrogen functional groups attached to an aromatic ring is 1. The third-order valence-corrected chi connectivity index (χ3v) is 2.17. The van der Waals surface area contributed by atoms with Crippen molar-refractivity contribution in [2.45, 2.75) is 18.4 Å². The molecular formula is C9H11NO. The molecule has 0 heterocycles. The van der Waals surface area contributed by atoms with Crippen molar-refractivity contribution in [3.05, 3.63) is 29.8 Å². The van der Waals surface area contributed by atoms with Crippen molar-refractivity contribution < 1.29 is 5.11 Å². The van der Waals surface area contributed by atoms with Crippen LogP contribution in [0.3, 0.4) is 0 Å². The average molecular weight is 149 g/mol. The molecule has 1 aromatic carbocycles. The van der Waals surface area contributed by atoms with Gasteiger partial charge in [0.1, 0.15) is 0 Å². The van der Waals surface area contributed by atoms with Crippen molar-refractivity contribution in [1.29, 1.82) is 0 Å². The number of benzene rings is 1. The van der Waals surface area contributed by atoms with E-state index in [9.17, 15) is 5.11 Å². The largest absolute Gasteiger partial charge is 0.399 e. The summed E-state index contributed by atoms with van der Waals surface area (Å²) in [6.45, 7) is 0. The fourth-order valence-corrected chi connectivity index (χ4v) is 1.20. The standard InChI is InChI=1S/C9H11NO/c10-8-3-1-7(2-4-8)9(11)5-6-9/h1-4,11H,5-6,10H2. The van der Waals surface area contributed by atoms with Crippen molar-refractivity contribution in [2.24, 2.45) is 0 Å². The summed E-state index contributed by atoms with van der Waals surface area (Å²) in [4.78, 5) is 0. The van der Waals surface area contributed by atoms with Gasteiger partial charge < -0.3 is 10.8 Å². The lowest BCUT2D eigenvalue weighted by atomic mass is 10.1. The molecule has 0 radical (unpaired) electrons. The number of aliphatic hydroxyl groups is 1. The van der Waals surface area contributed by atoms with Crippen LogP contribution in [-0.2, 0) is 5.60 Å². The van der Waals surface area contributed by atoms with Crippen LogP contribution in [0.4, 0.5) is 5.69 Å². The Morgan fingerprint density at radius 1 is 1.18 bits per heavy atom. The zero-order valence-corrected chi connectivity index (χ0v) is 6.25. The van der Waals surface area contributed by atoms with Gasteiger partial charge in [-0.1, -0.05) is 12.1 Å². The van der Waals surface area contributed by atoms with Crippen LogP contribution in [0.1, 0.15) is 18.4 Å². The second kappa shape index (κ2) is 1.98. The van der Waals surface area contributed by atoms with Crippen molar-refractivity contribution in [3.63, 3.8) is 0 Å². The highest BCUT2D eigenvalue weighted by Crippen LogP contribution is 2.45. The van der Waals surface area contributed by atoms with E-state index in [2.05, 4.69) is 0 Å². The van der Waals surface area contributed by atoms with Gasteiger partial charge in [0.25, 0.3) is 0 Å². The van der Waals surface area contributed by atoms with Crippen LogP contribution in [0.25, 0.3) is 0 Å². The first-order chi connectivity index (χ1) is 5.21. The molecule has 0 aliphatic heterocycles. The zero-order chi connectivity index (χ0) is 7.90. The fraction of sp³-hybridized carbons (Fsp3) is 0.333. The van der Waals surface area contributed by atoms with Crippen LogP contribution in [0, 0.1) is 0 Å². The Balaban J connectivity index is 2.33. The molecule has 0 bridgehead atoms. The smallest absolute Gasteiger partial charge is 0.0899 e. The van der Waals surface area contributed by atoms with Gasteiger partial charge in [-0.05, 0) is 30.5 Å². The summed E-state index contributed by atoms with van der Waals surface area (Å²) in [7, 11) is 0. The van der Waals surface area contributed by atoms with E-state index in [0.29, 0.717) is 0 Å². The molecule has 0 atom stereocenters. The van der Waals surface area contributed by atoms with E-state index in [1.165, 1.54) is 0 Å². The van der Waals surface area contributed by atoms with Gasteiger partial charge in [-0.25, -0.2) is 0 Å². The monoisotopic (exact) mass is 149 g/mol. The van der Waals surface area contributed by atoms with Gasteiger partial charge in [0.2, 0.25) is 0 Å². The van der Waals surface area contributed by atoms with Crippen molar-refractivity contribution in [3.8, 4) is 0 Å². The van der Waals surface area contributed by atoms with Gasteiger partial charge in [-0.3, -0.25) is 0 Å². The molecule has 0 unspecified atom stereocenters. The summed E-state index contributed by atoms with van der Waals surface area (Å²) >= 11 is 0. The lowest BCUT2D eigenvalue weighted by Crippen LogP contribution is -2.03. The third-order valence-electron chi connectivity index (χ3n) is 2.17. The molecule has 0 spiro atoms. The summed E-state index contributed by atoms with van der Waals surface area (Å²) in [5.41, 5.74) is 6.73. The van der Waals surface area contributed by atoms with E-state index in [1.807, 2.05) is 24.3 Å². The molecule has 1 saturated carbocycles. The summed E-state index contributed by atoms with van der Waals surface area (Å²) < 4.78 is 0. The predicted molar refractivity (Wildman–Crippen MR) is 44.0 cm³/mol. The third kappa shape index (κ3) is 1.10. The van der Waals surface area contributed by atoms with Crippen LogP contribution < -0.4 is 5.73 Å². The Bertz CT molecular complexity index is 261. The van der Waals surface area contributed by atoms with E-state index < -0.39 is 5.60 Å². The van der Waals surface area contributed by atoms with Crippen LogP contribution in [0.2, 0.25) is 0 Å². The molecule has 1 aromatic rings. The molecule has 0 amide bonds. The van der Waals surface area contributed by atoms with Crippen molar-refractivity contribution in [2.75, 3.05) is 5.73 Å². The van der Waals surface area contributed by atoms with E-state index in [1.54, 1.807) is 0 Å². The first-order valence-electron chi connectivity index (χ1n) is 3.79. The molecule has 1 aliphatic carbocycles. The molecule has 3 N–H and O–H groups in total. The summed E-state index contributed by atoms with van der Waals surface area (Å²) in [6, 6.07) is 7.43. The Labute approximate surface area is 65.7 Å². The van der Waals surface area contributed by atoms with Crippen LogP contribution in [-0.4, -0.2) is 5.11 Å². The average Bonchev–Trinajstić information content (AvgIpc) is 2.70. The maximum absolute atomic E-state index is 9.65. The Kier molecular flexibility index (Phi) is 1.20. The second-order valence-corrected chi connectivity index (χ2v) is 3.15. The van der Waals surface area contributed by atoms with Crippen molar-refractivity contribution in [1.82, 2.24) is 0 Å². The summed E-state index contributed by atoms with van der Waals surface area (Å²) in [5.74, 6) is 0. The molecule has 1 aliphatic rings. The van der Waals surface area contributed by atoms with E-state index >= 15 is 0 Å². The minimum absolute atomic E-state index is 0.520. The highest BCUT2D eigenvalue weighted by atomic mass is 16.3. The Morgan fingerprint density at radius 3 is 2.18 bits per heavy atom. The zero-order valence-electron chi connectivity index (χ0n) is 6.25. The molecule has 1 fully saturated rings. The first kappa shape index (κ1) is 6.68. The number of nitrogens with two attached hydrogens (primary N) is 1. The second-order valence-electron chi connectivity index (χ2n) is 3.15. The summed E-state index contributed by atoms with van der Waals surface area (Å²) in [5, 5.41) is 9.65. The van der Waals surface area contributed by atoms with E-state index in [4.69, 9.17) is 5.73 Å². The molecule has 2 nitrogen and oxygen atoms in total. The Hall–Kier alpha value is -1.02. The SMILES string of the molecule is Nc1ccc(C2(O)CC2)cc1. The van der Waals surface area contributed by atoms with Gasteiger partial charge in [0.05, 0.1) is 5.60 Å². The predicted octanol–water partition coefficient (Wildman–Crippen LogP) is 1.25. The van der Waals surface area contributed by atoms with Crippen LogP contribution >= 0.6 is 0 Å². The van der Waals surface area contributed by atoms with Gasteiger partial charge in [-0.2, -0.15) is 0 Å². The first-order valence-corrected chi connectivity index (χ1v) is 3.79. The molecule has 11 heavy (non-hydrogen) atoms. The highest BCUT2D eigenvalue weighted by molar-refractivity contribution is 5.42. The maximum atomic E-state index is 9.65. The quantitative estimate of drug-likeness (QED) is 0.590. The molecule has 2 heteroatoms. The van der Waals surface area contributed by atoms with Gasteiger partial charge in [-0.15, -0.1) is 0 Å². The number of hydrogen-bond acceptors (Lipinski definition) is 2. The minimum atomic E-state index is -0.520. The molecule has 58 valence electrons. The number of hydrogen-bond donors (Lipinski definition) is 2. The van der Waals surface area contributed by atoms with Gasteiger partial charge >= 0.3 is 0 Å². The van der Waals surface area contributed by atoms with E-state index in [0.717, 1.165) is 24.1 Å². The maximum Gasteiger partial charge on any atom is 0.0899 e. The fourth-order valence-electron chi connectivity index (χ4n) is 1.20. The molecule has 0 aromatic heterocycles. The molecule has 0 saturated heterocycles. The summed E-state index contributed by atoms with van der Waals surface area (Å²) in [6.07, 6.45) is 1.77. The lowest BCUT2D eigenvalue weighted by molar-refractivity contribution is 0.151. The van der Waals surface area contributed by atoms with Crippen LogP contribution in [0.5, 0.6) is 0 Å². The van der Waals surface area contributed by atoms with Crippen molar-refractivity contribution >= 4 is 5.69 Å². The number of anilines is 1. The highest BCUT2D eigenvalue weighted by Gasteiger charge is 2.41. The van der Waals surface area contributed by atoms with E-state index in [-0.39, 0.29) is 0 Å². The molecular weight excluding hydrogens is 138 g/mol. The number of rotatable bonds is 1. The van der Waals surface area contributed by atoms with Gasteiger partial charge in [0.15, 0.2) is 0 Å². The Morgan fingerprint density at radius 2 is 1.73 bits per heavy atom.